The van der Waals surface area contributed by atoms with Gasteiger partial charge in [-0.1, -0.05) is 39.8 Å². The van der Waals surface area contributed by atoms with Crippen LogP contribution in [0, 0.1) is 0 Å². The molecule has 1 aliphatic heterocycles. The fourth-order valence-corrected chi connectivity index (χ4v) is 1.80. The zero-order valence-electron chi connectivity index (χ0n) is 10.5. The van der Waals surface area contributed by atoms with Crippen molar-refractivity contribution in [3.05, 3.63) is 29.3 Å². The van der Waals surface area contributed by atoms with E-state index in [1.165, 1.54) is 11.1 Å². The second kappa shape index (κ2) is 5.20. The molecule has 0 N–H and O–H groups in total. The minimum atomic E-state index is 0.359. The SMILES string of the molecule is CC.CC1Cc2cc(C(C)C)ccc2O1. The van der Waals surface area contributed by atoms with Crippen LogP contribution in [0.2, 0.25) is 0 Å². The smallest absolute Gasteiger partial charge is 0.123 e. The van der Waals surface area contributed by atoms with E-state index in [0.29, 0.717) is 12.0 Å². The molecule has 0 fully saturated rings. The Bertz CT molecular complexity index is 315. The summed E-state index contributed by atoms with van der Waals surface area (Å²) in [5.74, 6) is 1.69. The summed E-state index contributed by atoms with van der Waals surface area (Å²) in [6.45, 7) is 10.6. The van der Waals surface area contributed by atoms with Gasteiger partial charge in [0.25, 0.3) is 0 Å². The van der Waals surface area contributed by atoms with Crippen molar-refractivity contribution in [2.75, 3.05) is 0 Å². The Morgan fingerprint density at radius 2 is 1.93 bits per heavy atom. The predicted octanol–water partition coefficient (Wildman–Crippen LogP) is 4.16. The van der Waals surface area contributed by atoms with E-state index >= 15 is 0 Å². The van der Waals surface area contributed by atoms with Crippen LogP contribution in [0.3, 0.4) is 0 Å². The Morgan fingerprint density at radius 3 is 2.53 bits per heavy atom. The third-order valence-corrected chi connectivity index (χ3v) is 2.59. The molecule has 0 aliphatic carbocycles. The lowest BCUT2D eigenvalue weighted by Crippen LogP contribution is -2.05. The van der Waals surface area contributed by atoms with Gasteiger partial charge in [-0.25, -0.2) is 0 Å². The van der Waals surface area contributed by atoms with Crippen LogP contribution in [0.25, 0.3) is 0 Å². The first kappa shape index (κ1) is 12.1. The van der Waals surface area contributed by atoms with E-state index in [4.69, 9.17) is 4.74 Å². The fraction of sp³-hybridized carbons (Fsp3) is 0.571. The molecule has 15 heavy (non-hydrogen) atoms. The standard InChI is InChI=1S/C12H16O.C2H6/c1-8(2)10-4-5-12-11(7-10)6-9(3)13-12;1-2/h4-5,7-9H,6H2,1-3H3;1-2H3. The molecule has 1 nitrogen and oxygen atoms in total. The average Bonchev–Trinajstić information content (AvgIpc) is 2.59. The van der Waals surface area contributed by atoms with Gasteiger partial charge in [-0.05, 0) is 30.0 Å². The lowest BCUT2D eigenvalue weighted by atomic mass is 9.99. The van der Waals surface area contributed by atoms with E-state index in [0.717, 1.165) is 12.2 Å². The predicted molar refractivity (Wildman–Crippen MR) is 65.7 cm³/mol. The molecule has 0 bridgehead atoms. The Hall–Kier alpha value is -0.980. The van der Waals surface area contributed by atoms with Crippen LogP contribution in [0.1, 0.15) is 51.7 Å². The van der Waals surface area contributed by atoms with E-state index in [-0.39, 0.29) is 0 Å². The minimum Gasteiger partial charge on any atom is -0.490 e. The van der Waals surface area contributed by atoms with Gasteiger partial charge >= 0.3 is 0 Å². The summed E-state index contributed by atoms with van der Waals surface area (Å²) in [7, 11) is 0. The molecule has 0 saturated heterocycles. The third kappa shape index (κ3) is 2.74. The van der Waals surface area contributed by atoms with Crippen molar-refractivity contribution >= 4 is 0 Å². The second-order valence-corrected chi connectivity index (χ2v) is 4.15. The van der Waals surface area contributed by atoms with Crippen molar-refractivity contribution in [1.82, 2.24) is 0 Å². The molecule has 1 heterocycles. The summed E-state index contributed by atoms with van der Waals surface area (Å²) in [6, 6.07) is 6.55. The number of benzene rings is 1. The zero-order chi connectivity index (χ0) is 11.4. The van der Waals surface area contributed by atoms with Gasteiger partial charge in [0.05, 0.1) is 0 Å². The largest absolute Gasteiger partial charge is 0.490 e. The van der Waals surface area contributed by atoms with Crippen molar-refractivity contribution in [2.45, 2.75) is 53.1 Å². The Morgan fingerprint density at radius 1 is 1.27 bits per heavy atom. The van der Waals surface area contributed by atoms with Crippen molar-refractivity contribution in [3.63, 3.8) is 0 Å². The van der Waals surface area contributed by atoms with Crippen LogP contribution < -0.4 is 4.74 Å². The summed E-state index contributed by atoms with van der Waals surface area (Å²) in [6.07, 6.45) is 1.42. The molecule has 1 unspecified atom stereocenters. The molecule has 0 amide bonds. The van der Waals surface area contributed by atoms with Crippen LogP contribution in [-0.2, 0) is 6.42 Å². The molecular formula is C14H22O. The van der Waals surface area contributed by atoms with Gasteiger partial charge in [0.1, 0.15) is 11.9 Å². The first-order valence-corrected chi connectivity index (χ1v) is 5.96. The first-order chi connectivity index (χ1) is 7.16. The molecule has 1 aromatic carbocycles. The summed E-state index contributed by atoms with van der Waals surface area (Å²) in [5, 5.41) is 0. The molecule has 0 spiro atoms. The highest BCUT2D eigenvalue weighted by Crippen LogP contribution is 2.31. The van der Waals surface area contributed by atoms with Crippen LogP contribution in [0.4, 0.5) is 0 Å². The highest BCUT2D eigenvalue weighted by Gasteiger charge is 2.19. The van der Waals surface area contributed by atoms with E-state index in [1.54, 1.807) is 0 Å². The monoisotopic (exact) mass is 206 g/mol. The lowest BCUT2D eigenvalue weighted by Gasteiger charge is -2.06. The van der Waals surface area contributed by atoms with Crippen molar-refractivity contribution < 1.29 is 4.74 Å². The molecule has 0 aromatic heterocycles. The molecule has 0 saturated carbocycles. The number of ether oxygens (including phenoxy) is 1. The Labute approximate surface area is 93.5 Å². The van der Waals surface area contributed by atoms with Gasteiger partial charge in [-0.3, -0.25) is 0 Å². The second-order valence-electron chi connectivity index (χ2n) is 4.15. The quantitative estimate of drug-likeness (QED) is 0.670. The van der Waals surface area contributed by atoms with Gasteiger partial charge in [-0.2, -0.15) is 0 Å². The summed E-state index contributed by atoms with van der Waals surface area (Å²) in [5.41, 5.74) is 2.79. The Kier molecular flexibility index (Phi) is 4.19. The maximum atomic E-state index is 5.64. The average molecular weight is 206 g/mol. The molecular weight excluding hydrogens is 184 g/mol. The lowest BCUT2D eigenvalue weighted by molar-refractivity contribution is 0.254. The van der Waals surface area contributed by atoms with Gasteiger partial charge in [0, 0.05) is 6.42 Å². The van der Waals surface area contributed by atoms with Crippen molar-refractivity contribution in [1.29, 1.82) is 0 Å². The summed E-state index contributed by atoms with van der Waals surface area (Å²) in [4.78, 5) is 0. The number of hydrogen-bond acceptors (Lipinski definition) is 1. The zero-order valence-corrected chi connectivity index (χ0v) is 10.5. The third-order valence-electron chi connectivity index (χ3n) is 2.59. The topological polar surface area (TPSA) is 9.23 Å². The van der Waals surface area contributed by atoms with E-state index < -0.39 is 0 Å². The van der Waals surface area contributed by atoms with Crippen LogP contribution in [0.15, 0.2) is 18.2 Å². The Balaban J connectivity index is 0.000000531. The van der Waals surface area contributed by atoms with Crippen LogP contribution in [-0.4, -0.2) is 6.10 Å². The number of hydrogen-bond donors (Lipinski definition) is 0. The molecule has 1 aromatic rings. The summed E-state index contributed by atoms with van der Waals surface area (Å²) < 4.78 is 5.64. The van der Waals surface area contributed by atoms with Crippen LogP contribution >= 0.6 is 0 Å². The highest BCUT2D eigenvalue weighted by atomic mass is 16.5. The van der Waals surface area contributed by atoms with Gasteiger partial charge in [0.15, 0.2) is 0 Å². The van der Waals surface area contributed by atoms with E-state index in [2.05, 4.69) is 39.0 Å². The van der Waals surface area contributed by atoms with E-state index in [1.807, 2.05) is 13.8 Å². The minimum absolute atomic E-state index is 0.359. The number of rotatable bonds is 1. The van der Waals surface area contributed by atoms with Gasteiger partial charge in [0.2, 0.25) is 0 Å². The maximum Gasteiger partial charge on any atom is 0.123 e. The van der Waals surface area contributed by atoms with E-state index in [9.17, 15) is 0 Å². The first-order valence-electron chi connectivity index (χ1n) is 5.96. The molecule has 1 heteroatoms. The molecule has 1 aliphatic rings. The molecule has 0 radical (unpaired) electrons. The highest BCUT2D eigenvalue weighted by molar-refractivity contribution is 5.41. The maximum absolute atomic E-state index is 5.64. The normalized spacial score (nSPS) is 17.9. The van der Waals surface area contributed by atoms with Gasteiger partial charge < -0.3 is 4.74 Å². The van der Waals surface area contributed by atoms with Crippen LogP contribution in [0.5, 0.6) is 5.75 Å². The van der Waals surface area contributed by atoms with Crippen molar-refractivity contribution in [3.8, 4) is 5.75 Å². The molecule has 84 valence electrons. The molecule has 1 atom stereocenters. The fourth-order valence-electron chi connectivity index (χ4n) is 1.80. The van der Waals surface area contributed by atoms with Gasteiger partial charge in [-0.15, -0.1) is 0 Å². The number of fused-ring (bicyclic) bond motifs is 1. The summed E-state index contributed by atoms with van der Waals surface area (Å²) >= 11 is 0. The molecule has 2 rings (SSSR count). The van der Waals surface area contributed by atoms with Crippen molar-refractivity contribution in [2.24, 2.45) is 0 Å².